The molecule has 0 N–H and O–H groups in total. The first-order valence-electron chi connectivity index (χ1n) is 8.02. The molecule has 6 nitrogen and oxygen atoms in total. The van der Waals surface area contributed by atoms with Gasteiger partial charge in [-0.05, 0) is 37.7 Å². The first kappa shape index (κ1) is 17.2. The molecule has 0 bridgehead atoms. The van der Waals surface area contributed by atoms with Gasteiger partial charge in [-0.3, -0.25) is 14.2 Å². The van der Waals surface area contributed by atoms with E-state index in [1.807, 2.05) is 7.05 Å². The van der Waals surface area contributed by atoms with Gasteiger partial charge in [-0.1, -0.05) is 6.92 Å². The molecule has 0 radical (unpaired) electrons. The Morgan fingerprint density at radius 3 is 2.43 bits per heavy atom. The summed E-state index contributed by atoms with van der Waals surface area (Å²) in [4.78, 5) is 37.7. The van der Waals surface area contributed by atoms with Gasteiger partial charge in [-0.25, -0.2) is 4.79 Å². The van der Waals surface area contributed by atoms with E-state index >= 15 is 0 Å². The van der Waals surface area contributed by atoms with Crippen LogP contribution >= 0.6 is 0 Å². The SMILES string of the molecule is CC1CCC(N(C)C(=O)C=Cc2cn(C)c(=O)n(C)c2=O)CC1. The summed E-state index contributed by atoms with van der Waals surface area (Å²) in [7, 11) is 4.82. The molecule has 1 amide bonds. The van der Waals surface area contributed by atoms with Gasteiger partial charge in [0.1, 0.15) is 0 Å². The second-order valence-corrected chi connectivity index (χ2v) is 6.54. The normalized spacial score (nSPS) is 21.6. The van der Waals surface area contributed by atoms with E-state index in [0.29, 0.717) is 5.56 Å². The Bertz CT molecular complexity index is 722. The fraction of sp³-hybridized carbons (Fsp3) is 0.588. The van der Waals surface area contributed by atoms with Crippen LogP contribution in [0.3, 0.4) is 0 Å². The van der Waals surface area contributed by atoms with Gasteiger partial charge in [0, 0.05) is 39.5 Å². The second kappa shape index (κ2) is 6.98. The molecule has 0 aliphatic heterocycles. The monoisotopic (exact) mass is 319 g/mol. The Labute approximate surface area is 136 Å². The summed E-state index contributed by atoms with van der Waals surface area (Å²) in [5.41, 5.74) is -0.452. The Balaban J connectivity index is 2.12. The minimum Gasteiger partial charge on any atom is -0.339 e. The average Bonchev–Trinajstić information content (AvgIpc) is 2.54. The lowest BCUT2D eigenvalue weighted by Crippen LogP contribution is -2.39. The highest BCUT2D eigenvalue weighted by molar-refractivity contribution is 5.91. The highest BCUT2D eigenvalue weighted by atomic mass is 16.2. The van der Waals surface area contributed by atoms with E-state index in [9.17, 15) is 14.4 Å². The van der Waals surface area contributed by atoms with Crippen molar-refractivity contribution in [1.82, 2.24) is 14.0 Å². The Kier molecular flexibility index (Phi) is 5.23. The van der Waals surface area contributed by atoms with Gasteiger partial charge in [0.25, 0.3) is 5.56 Å². The minimum absolute atomic E-state index is 0.111. The highest BCUT2D eigenvalue weighted by Gasteiger charge is 2.23. The van der Waals surface area contributed by atoms with E-state index in [4.69, 9.17) is 0 Å². The van der Waals surface area contributed by atoms with Gasteiger partial charge in [-0.2, -0.15) is 0 Å². The predicted octanol–water partition coefficient (Wildman–Crippen LogP) is 1.13. The van der Waals surface area contributed by atoms with Crippen molar-refractivity contribution in [2.45, 2.75) is 38.6 Å². The number of rotatable bonds is 3. The van der Waals surface area contributed by atoms with Crippen LogP contribution in [0, 0.1) is 5.92 Å². The van der Waals surface area contributed by atoms with Crippen LogP contribution in [-0.4, -0.2) is 33.0 Å². The molecule has 0 saturated heterocycles. The molecule has 23 heavy (non-hydrogen) atoms. The lowest BCUT2D eigenvalue weighted by atomic mass is 9.87. The molecule has 1 aromatic heterocycles. The van der Waals surface area contributed by atoms with Crippen LogP contribution in [0.4, 0.5) is 0 Å². The Hall–Kier alpha value is -2.11. The summed E-state index contributed by atoms with van der Waals surface area (Å²) in [6.07, 6.45) is 8.71. The zero-order valence-electron chi connectivity index (χ0n) is 14.3. The van der Waals surface area contributed by atoms with Crippen molar-refractivity contribution in [2.24, 2.45) is 20.0 Å². The standard InChI is InChI=1S/C17H25N3O3/c1-12-5-8-14(9-6-12)19(3)15(21)10-7-13-11-18(2)17(23)20(4)16(13)22/h7,10-12,14H,5-6,8-9H2,1-4H3. The fourth-order valence-electron chi connectivity index (χ4n) is 3.04. The van der Waals surface area contributed by atoms with Gasteiger partial charge in [0.15, 0.2) is 0 Å². The van der Waals surface area contributed by atoms with Crippen LogP contribution in [0.15, 0.2) is 21.9 Å². The van der Waals surface area contributed by atoms with Crippen LogP contribution in [-0.2, 0) is 18.9 Å². The van der Waals surface area contributed by atoms with Crippen molar-refractivity contribution < 1.29 is 4.79 Å². The number of nitrogens with zero attached hydrogens (tertiary/aromatic N) is 3. The first-order valence-corrected chi connectivity index (χ1v) is 8.02. The summed E-state index contributed by atoms with van der Waals surface area (Å²) >= 11 is 0. The van der Waals surface area contributed by atoms with Crippen LogP contribution in [0.1, 0.15) is 38.2 Å². The van der Waals surface area contributed by atoms with Crippen LogP contribution in [0.5, 0.6) is 0 Å². The van der Waals surface area contributed by atoms with Crippen molar-refractivity contribution in [3.05, 3.63) is 38.7 Å². The van der Waals surface area contributed by atoms with Crippen LogP contribution in [0.2, 0.25) is 0 Å². The van der Waals surface area contributed by atoms with E-state index in [2.05, 4.69) is 6.92 Å². The molecule has 0 spiro atoms. The van der Waals surface area contributed by atoms with E-state index in [0.717, 1.165) is 36.2 Å². The van der Waals surface area contributed by atoms with Gasteiger partial charge in [0.2, 0.25) is 5.91 Å². The zero-order valence-corrected chi connectivity index (χ0v) is 14.3. The van der Waals surface area contributed by atoms with Crippen molar-refractivity contribution in [3.63, 3.8) is 0 Å². The molecule has 1 aliphatic rings. The van der Waals surface area contributed by atoms with Crippen molar-refractivity contribution in [2.75, 3.05) is 7.05 Å². The molecule has 6 heteroatoms. The predicted molar refractivity (Wildman–Crippen MR) is 90.1 cm³/mol. The highest BCUT2D eigenvalue weighted by Crippen LogP contribution is 2.26. The van der Waals surface area contributed by atoms with E-state index in [-0.39, 0.29) is 17.6 Å². The minimum atomic E-state index is -0.397. The summed E-state index contributed by atoms with van der Waals surface area (Å²) < 4.78 is 2.37. The third kappa shape index (κ3) is 3.81. The smallest absolute Gasteiger partial charge is 0.330 e. The number of carbonyl (C=O) groups is 1. The lowest BCUT2D eigenvalue weighted by Gasteiger charge is -2.33. The van der Waals surface area contributed by atoms with Gasteiger partial charge < -0.3 is 9.47 Å². The van der Waals surface area contributed by atoms with Gasteiger partial charge in [0.05, 0.1) is 5.56 Å². The van der Waals surface area contributed by atoms with Crippen LogP contribution < -0.4 is 11.2 Å². The molecule has 1 saturated carbocycles. The summed E-state index contributed by atoms with van der Waals surface area (Å²) in [6.45, 7) is 2.24. The number of amides is 1. The third-order valence-electron chi connectivity index (χ3n) is 4.76. The molecule has 2 rings (SSSR count). The number of aryl methyl sites for hydroxylation is 1. The Morgan fingerprint density at radius 2 is 1.83 bits per heavy atom. The number of likely N-dealkylation sites (N-methyl/N-ethyl adjacent to an activating group) is 1. The molecule has 0 aromatic carbocycles. The molecular formula is C17H25N3O3. The third-order valence-corrected chi connectivity index (χ3v) is 4.76. The zero-order chi connectivity index (χ0) is 17.1. The Morgan fingerprint density at radius 1 is 1.22 bits per heavy atom. The maximum Gasteiger partial charge on any atom is 0.330 e. The van der Waals surface area contributed by atoms with Crippen molar-refractivity contribution >= 4 is 12.0 Å². The summed E-state index contributed by atoms with van der Waals surface area (Å²) in [5, 5.41) is 0. The molecule has 1 heterocycles. The van der Waals surface area contributed by atoms with E-state index in [1.165, 1.54) is 30.0 Å². The van der Waals surface area contributed by atoms with Gasteiger partial charge in [-0.15, -0.1) is 0 Å². The number of carbonyl (C=O) groups excluding carboxylic acids is 1. The largest absolute Gasteiger partial charge is 0.339 e. The molecular weight excluding hydrogens is 294 g/mol. The topological polar surface area (TPSA) is 64.3 Å². The maximum atomic E-state index is 12.3. The summed E-state index contributed by atoms with van der Waals surface area (Å²) in [6, 6.07) is 0.270. The molecule has 1 fully saturated rings. The van der Waals surface area contributed by atoms with Crippen molar-refractivity contribution in [1.29, 1.82) is 0 Å². The lowest BCUT2D eigenvalue weighted by molar-refractivity contribution is -0.127. The molecule has 1 aromatic rings. The maximum absolute atomic E-state index is 12.3. The van der Waals surface area contributed by atoms with E-state index in [1.54, 1.807) is 11.9 Å². The van der Waals surface area contributed by atoms with E-state index < -0.39 is 5.56 Å². The second-order valence-electron chi connectivity index (χ2n) is 6.54. The number of hydrogen-bond acceptors (Lipinski definition) is 3. The van der Waals surface area contributed by atoms with Crippen molar-refractivity contribution in [3.8, 4) is 0 Å². The number of hydrogen-bond donors (Lipinski definition) is 0. The quantitative estimate of drug-likeness (QED) is 0.785. The molecule has 0 atom stereocenters. The fourth-order valence-corrected chi connectivity index (χ4v) is 3.04. The average molecular weight is 319 g/mol. The first-order chi connectivity index (χ1) is 10.8. The molecule has 126 valence electrons. The van der Waals surface area contributed by atoms with Gasteiger partial charge >= 0.3 is 5.69 Å². The summed E-state index contributed by atoms with van der Waals surface area (Å²) in [5.74, 6) is 0.624. The molecule has 1 aliphatic carbocycles. The molecule has 0 unspecified atom stereocenters. The number of aromatic nitrogens is 2. The van der Waals surface area contributed by atoms with Crippen LogP contribution in [0.25, 0.3) is 6.08 Å².